The first kappa shape index (κ1) is 14.6. The number of alkyl carbamates (subject to hydrolysis) is 1. The predicted octanol–water partition coefficient (Wildman–Crippen LogP) is 2.51. The highest BCUT2D eigenvalue weighted by Gasteiger charge is 2.18. The topological polar surface area (TPSA) is 69.0 Å². The molecule has 0 aromatic carbocycles. The normalized spacial score (nSPS) is 14.4. The van der Waals surface area contributed by atoms with Crippen molar-refractivity contribution in [3.8, 4) is 11.3 Å². The lowest BCUT2D eigenvalue weighted by molar-refractivity contribution is 0.103. The van der Waals surface area contributed by atoms with E-state index in [9.17, 15) is 4.79 Å². The number of nitrogens with one attached hydrogen (secondary N) is 1. The van der Waals surface area contributed by atoms with E-state index < -0.39 is 0 Å². The molecular weight excluding hydrogens is 280 g/mol. The predicted molar refractivity (Wildman–Crippen MR) is 82.0 cm³/mol. The van der Waals surface area contributed by atoms with Gasteiger partial charge in [0.2, 0.25) is 0 Å². The van der Waals surface area contributed by atoms with E-state index in [0.29, 0.717) is 19.1 Å². The summed E-state index contributed by atoms with van der Waals surface area (Å²) >= 11 is 0. The molecule has 0 atom stereocenters. The zero-order valence-electron chi connectivity index (χ0n) is 12.7. The number of hydrogen-bond donors (Lipinski definition) is 1. The second kappa shape index (κ2) is 6.60. The van der Waals surface area contributed by atoms with Crippen LogP contribution in [0.3, 0.4) is 0 Å². The molecule has 1 N–H and O–H groups in total. The van der Waals surface area contributed by atoms with Crippen LogP contribution >= 0.6 is 0 Å². The van der Waals surface area contributed by atoms with Crippen LogP contribution in [-0.4, -0.2) is 27.5 Å². The molecule has 0 aliphatic heterocycles. The fraction of sp³-hybridized carbons (Fsp3) is 0.438. The van der Waals surface area contributed by atoms with Gasteiger partial charge in [-0.05, 0) is 30.4 Å². The number of carbonyl (C=O) groups is 1. The molecule has 0 saturated heterocycles. The van der Waals surface area contributed by atoms with Crippen LogP contribution < -0.4 is 5.32 Å². The molecular formula is C16H20N4O2. The van der Waals surface area contributed by atoms with Gasteiger partial charge in [-0.3, -0.25) is 9.67 Å². The van der Waals surface area contributed by atoms with Crippen molar-refractivity contribution in [2.24, 2.45) is 13.0 Å². The Morgan fingerprint density at radius 3 is 2.86 bits per heavy atom. The molecule has 1 fully saturated rings. The van der Waals surface area contributed by atoms with Crippen molar-refractivity contribution >= 4 is 6.09 Å². The van der Waals surface area contributed by atoms with Gasteiger partial charge in [0.25, 0.3) is 0 Å². The maximum Gasteiger partial charge on any atom is 0.407 e. The highest BCUT2D eigenvalue weighted by molar-refractivity contribution is 5.67. The number of nitrogens with zero attached hydrogens (tertiary/aromatic N) is 3. The Kier molecular flexibility index (Phi) is 4.37. The summed E-state index contributed by atoms with van der Waals surface area (Å²) in [6.45, 7) is 0.952. The van der Waals surface area contributed by atoms with Crippen molar-refractivity contribution in [1.29, 1.82) is 0 Å². The molecule has 2 aromatic heterocycles. The molecule has 1 aliphatic carbocycles. The van der Waals surface area contributed by atoms with Crippen LogP contribution in [0.1, 0.15) is 24.8 Å². The van der Waals surface area contributed by atoms with Crippen LogP contribution in [0, 0.1) is 5.92 Å². The lowest BCUT2D eigenvalue weighted by Crippen LogP contribution is -2.27. The number of carbonyl (C=O) groups excluding carboxylic acids is 1. The molecule has 1 aliphatic rings. The molecule has 6 nitrogen and oxygen atoms in total. The second-order valence-electron chi connectivity index (χ2n) is 5.70. The standard InChI is InChI=1S/C16H20N4O2/c1-20-10-14(9-19-20)15-6-5-13(7-17-15)8-18-16(21)22-11-12-3-2-4-12/h5-7,9-10,12H,2-4,8,11H2,1H3,(H,18,21). The number of amides is 1. The van der Waals surface area contributed by atoms with Crippen molar-refractivity contribution in [2.75, 3.05) is 6.61 Å². The average molecular weight is 300 g/mol. The molecule has 6 heteroatoms. The summed E-state index contributed by atoms with van der Waals surface area (Å²) in [7, 11) is 1.87. The number of hydrogen-bond acceptors (Lipinski definition) is 4. The maximum atomic E-state index is 11.6. The zero-order chi connectivity index (χ0) is 15.4. The van der Waals surface area contributed by atoms with E-state index in [0.717, 1.165) is 16.8 Å². The SMILES string of the molecule is Cn1cc(-c2ccc(CNC(=O)OCC3CCC3)cn2)cn1. The Balaban J connectivity index is 1.47. The minimum Gasteiger partial charge on any atom is -0.449 e. The Bertz CT molecular complexity index is 632. The number of aryl methyl sites for hydroxylation is 1. The Morgan fingerprint density at radius 2 is 2.27 bits per heavy atom. The molecule has 0 unspecified atom stereocenters. The molecule has 2 heterocycles. The third kappa shape index (κ3) is 3.63. The lowest BCUT2D eigenvalue weighted by atomic mass is 9.86. The quantitative estimate of drug-likeness (QED) is 0.921. The highest BCUT2D eigenvalue weighted by atomic mass is 16.5. The summed E-state index contributed by atoms with van der Waals surface area (Å²) in [5, 5.41) is 6.87. The minimum absolute atomic E-state index is 0.358. The minimum atomic E-state index is -0.358. The molecule has 1 amide bonds. The first-order chi connectivity index (χ1) is 10.7. The van der Waals surface area contributed by atoms with Crippen LogP contribution in [0.25, 0.3) is 11.3 Å². The van der Waals surface area contributed by atoms with Crippen molar-refractivity contribution in [1.82, 2.24) is 20.1 Å². The van der Waals surface area contributed by atoms with Crippen LogP contribution in [0.4, 0.5) is 4.79 Å². The Labute approximate surface area is 129 Å². The number of ether oxygens (including phenoxy) is 1. The first-order valence-electron chi connectivity index (χ1n) is 7.55. The van der Waals surface area contributed by atoms with Crippen molar-refractivity contribution in [3.63, 3.8) is 0 Å². The van der Waals surface area contributed by atoms with E-state index in [4.69, 9.17) is 4.74 Å². The summed E-state index contributed by atoms with van der Waals surface area (Å²) in [5.74, 6) is 0.561. The van der Waals surface area contributed by atoms with Crippen LogP contribution in [0.15, 0.2) is 30.7 Å². The molecule has 116 valence electrons. The first-order valence-corrected chi connectivity index (χ1v) is 7.55. The molecule has 0 bridgehead atoms. The van der Waals surface area contributed by atoms with E-state index in [-0.39, 0.29) is 6.09 Å². The second-order valence-corrected chi connectivity index (χ2v) is 5.70. The summed E-state index contributed by atoms with van der Waals surface area (Å²) in [6, 6.07) is 3.87. The smallest absolute Gasteiger partial charge is 0.407 e. The van der Waals surface area contributed by atoms with Gasteiger partial charge in [0, 0.05) is 31.5 Å². The summed E-state index contributed by atoms with van der Waals surface area (Å²) in [5.41, 5.74) is 2.78. The molecule has 1 saturated carbocycles. The number of rotatable bonds is 5. The number of pyridine rings is 1. The third-order valence-corrected chi connectivity index (χ3v) is 3.94. The number of aromatic nitrogens is 3. The molecule has 3 rings (SSSR count). The van der Waals surface area contributed by atoms with E-state index in [1.807, 2.05) is 25.4 Å². The van der Waals surface area contributed by atoms with Gasteiger partial charge in [-0.2, -0.15) is 5.10 Å². The fourth-order valence-electron chi connectivity index (χ4n) is 2.33. The van der Waals surface area contributed by atoms with Crippen LogP contribution in [0.5, 0.6) is 0 Å². The average Bonchev–Trinajstić information content (AvgIpc) is 2.91. The van der Waals surface area contributed by atoms with Crippen LogP contribution in [0.2, 0.25) is 0 Å². The van der Waals surface area contributed by atoms with Gasteiger partial charge in [0.1, 0.15) is 0 Å². The van der Waals surface area contributed by atoms with Crippen molar-refractivity contribution < 1.29 is 9.53 Å². The zero-order valence-corrected chi connectivity index (χ0v) is 12.7. The van der Waals surface area contributed by atoms with Gasteiger partial charge in [0.15, 0.2) is 0 Å². The van der Waals surface area contributed by atoms with E-state index in [1.54, 1.807) is 17.1 Å². The Hall–Kier alpha value is -2.37. The molecule has 2 aromatic rings. The van der Waals surface area contributed by atoms with E-state index in [2.05, 4.69) is 15.4 Å². The molecule has 22 heavy (non-hydrogen) atoms. The van der Waals surface area contributed by atoms with Gasteiger partial charge in [-0.25, -0.2) is 4.79 Å². The van der Waals surface area contributed by atoms with Gasteiger partial charge in [-0.1, -0.05) is 12.5 Å². The van der Waals surface area contributed by atoms with E-state index >= 15 is 0 Å². The monoisotopic (exact) mass is 300 g/mol. The van der Waals surface area contributed by atoms with Crippen molar-refractivity contribution in [2.45, 2.75) is 25.8 Å². The van der Waals surface area contributed by atoms with Gasteiger partial charge >= 0.3 is 6.09 Å². The Morgan fingerprint density at radius 1 is 1.41 bits per heavy atom. The third-order valence-electron chi connectivity index (χ3n) is 3.94. The lowest BCUT2D eigenvalue weighted by Gasteiger charge is -2.24. The van der Waals surface area contributed by atoms with E-state index in [1.165, 1.54) is 19.3 Å². The summed E-state index contributed by atoms with van der Waals surface area (Å²) < 4.78 is 6.92. The van der Waals surface area contributed by atoms with Crippen LogP contribution in [-0.2, 0) is 18.3 Å². The fourth-order valence-corrected chi connectivity index (χ4v) is 2.33. The molecule has 0 spiro atoms. The van der Waals surface area contributed by atoms with Crippen molar-refractivity contribution in [3.05, 3.63) is 36.3 Å². The highest BCUT2D eigenvalue weighted by Crippen LogP contribution is 2.26. The largest absolute Gasteiger partial charge is 0.449 e. The summed E-state index contributed by atoms with van der Waals surface area (Å²) in [4.78, 5) is 16.0. The maximum absolute atomic E-state index is 11.6. The van der Waals surface area contributed by atoms with Gasteiger partial charge < -0.3 is 10.1 Å². The van der Waals surface area contributed by atoms with Gasteiger partial charge in [0.05, 0.1) is 18.5 Å². The molecule has 0 radical (unpaired) electrons. The van der Waals surface area contributed by atoms with Gasteiger partial charge in [-0.15, -0.1) is 0 Å². The summed E-state index contributed by atoms with van der Waals surface area (Å²) in [6.07, 6.45) is 8.69.